The van der Waals surface area contributed by atoms with Gasteiger partial charge in [0.25, 0.3) is 11.1 Å². The number of imide groups is 1. The van der Waals surface area contributed by atoms with Gasteiger partial charge in [-0.2, -0.15) is 0 Å². The zero-order chi connectivity index (χ0) is 17.3. The quantitative estimate of drug-likeness (QED) is 0.858. The van der Waals surface area contributed by atoms with Crippen molar-refractivity contribution in [2.24, 2.45) is 0 Å². The number of rotatable bonds is 3. The van der Waals surface area contributed by atoms with Gasteiger partial charge in [-0.3, -0.25) is 9.59 Å². The molecule has 6 heteroatoms. The summed E-state index contributed by atoms with van der Waals surface area (Å²) in [6.45, 7) is 1.92. The molecule has 1 aliphatic rings. The molecule has 1 heterocycles. The summed E-state index contributed by atoms with van der Waals surface area (Å²) in [5.41, 5.74) is 1.99. The minimum absolute atomic E-state index is 0.0830. The van der Waals surface area contributed by atoms with E-state index < -0.39 is 17.1 Å². The summed E-state index contributed by atoms with van der Waals surface area (Å²) in [5, 5.41) is 8.82. The van der Waals surface area contributed by atoms with Crippen LogP contribution in [0.2, 0.25) is 0 Å². The van der Waals surface area contributed by atoms with Gasteiger partial charge in [-0.25, -0.2) is 9.69 Å². The van der Waals surface area contributed by atoms with Gasteiger partial charge in [-0.05, 0) is 48.5 Å². The number of amides is 2. The number of hydrogen-bond donors (Lipinski definition) is 1. The second-order valence-corrected chi connectivity index (χ2v) is 6.24. The molecule has 24 heavy (non-hydrogen) atoms. The van der Waals surface area contributed by atoms with Gasteiger partial charge in [0.05, 0.1) is 16.2 Å². The predicted molar refractivity (Wildman–Crippen MR) is 93.0 cm³/mol. The van der Waals surface area contributed by atoms with Crippen molar-refractivity contribution in [3.05, 3.63) is 70.1 Å². The van der Waals surface area contributed by atoms with E-state index in [1.54, 1.807) is 30.3 Å². The van der Waals surface area contributed by atoms with Crippen LogP contribution in [0.1, 0.15) is 21.5 Å². The highest BCUT2D eigenvalue weighted by atomic mass is 32.2. The summed E-state index contributed by atoms with van der Waals surface area (Å²) in [7, 11) is 0. The molecule has 1 saturated heterocycles. The molecular formula is C18H13NO4S. The number of carbonyl (C=O) groups is 3. The molecule has 2 aromatic carbocycles. The maximum absolute atomic E-state index is 12.6. The average Bonchev–Trinajstić information content (AvgIpc) is 2.83. The van der Waals surface area contributed by atoms with Crippen molar-refractivity contribution < 1.29 is 19.5 Å². The first-order valence-corrected chi connectivity index (χ1v) is 7.96. The van der Waals surface area contributed by atoms with Crippen LogP contribution in [0.4, 0.5) is 10.5 Å². The van der Waals surface area contributed by atoms with Crippen LogP contribution in [0.5, 0.6) is 0 Å². The van der Waals surface area contributed by atoms with Crippen LogP contribution >= 0.6 is 11.8 Å². The first kappa shape index (κ1) is 16.0. The fourth-order valence-electron chi connectivity index (χ4n) is 2.34. The van der Waals surface area contributed by atoms with Gasteiger partial charge in [0.15, 0.2) is 0 Å². The maximum atomic E-state index is 12.6. The van der Waals surface area contributed by atoms with Gasteiger partial charge in [0.2, 0.25) is 0 Å². The van der Waals surface area contributed by atoms with E-state index >= 15 is 0 Å². The predicted octanol–water partition coefficient (Wildman–Crippen LogP) is 3.93. The number of benzene rings is 2. The Morgan fingerprint density at radius 2 is 1.75 bits per heavy atom. The van der Waals surface area contributed by atoms with E-state index in [1.807, 2.05) is 19.1 Å². The second-order valence-electron chi connectivity index (χ2n) is 5.25. The van der Waals surface area contributed by atoms with Crippen LogP contribution in [0, 0.1) is 6.92 Å². The normalized spacial score (nSPS) is 16.0. The summed E-state index contributed by atoms with van der Waals surface area (Å²) in [4.78, 5) is 37.3. The second kappa shape index (κ2) is 6.33. The molecule has 0 spiro atoms. The van der Waals surface area contributed by atoms with E-state index in [0.717, 1.165) is 22.2 Å². The molecule has 0 aromatic heterocycles. The Bertz CT molecular complexity index is 871. The van der Waals surface area contributed by atoms with Crippen molar-refractivity contribution in [3.8, 4) is 0 Å². The largest absolute Gasteiger partial charge is 0.478 e. The topological polar surface area (TPSA) is 74.7 Å². The summed E-state index contributed by atoms with van der Waals surface area (Å²) >= 11 is 0.802. The van der Waals surface area contributed by atoms with Crippen LogP contribution in [0.15, 0.2) is 53.4 Å². The molecule has 0 saturated carbocycles. The molecule has 0 bridgehead atoms. The molecule has 1 fully saturated rings. The Morgan fingerprint density at radius 1 is 1.08 bits per heavy atom. The number of aromatic carboxylic acids is 1. The molecule has 0 unspecified atom stereocenters. The van der Waals surface area contributed by atoms with E-state index in [9.17, 15) is 19.5 Å². The summed E-state index contributed by atoms with van der Waals surface area (Å²) in [6, 6.07) is 13.4. The molecular weight excluding hydrogens is 326 g/mol. The number of carbonyl (C=O) groups excluding carboxylic acids is 2. The summed E-state index contributed by atoms with van der Waals surface area (Å²) in [6.07, 6.45) is 1.45. The SMILES string of the molecule is Cc1ccc(N2C(=O)S/C(=C/c3ccccc3C(=O)O)C2=O)cc1. The fourth-order valence-corrected chi connectivity index (χ4v) is 3.18. The lowest BCUT2D eigenvalue weighted by Gasteiger charge is -2.12. The highest BCUT2D eigenvalue weighted by Gasteiger charge is 2.36. The number of thioether (sulfide) groups is 1. The number of carboxylic acid groups (broad SMARTS) is 1. The van der Waals surface area contributed by atoms with Gasteiger partial charge in [0, 0.05) is 0 Å². The smallest absolute Gasteiger partial charge is 0.336 e. The zero-order valence-electron chi connectivity index (χ0n) is 12.7. The van der Waals surface area contributed by atoms with Crippen LogP contribution in [-0.2, 0) is 4.79 Å². The van der Waals surface area contributed by atoms with Crippen molar-refractivity contribution in [2.45, 2.75) is 6.92 Å². The van der Waals surface area contributed by atoms with Gasteiger partial charge in [0.1, 0.15) is 0 Å². The monoisotopic (exact) mass is 339 g/mol. The van der Waals surface area contributed by atoms with E-state index in [4.69, 9.17) is 0 Å². The number of nitrogens with zero attached hydrogens (tertiary/aromatic N) is 1. The van der Waals surface area contributed by atoms with E-state index in [1.165, 1.54) is 12.1 Å². The lowest BCUT2D eigenvalue weighted by atomic mass is 10.1. The first-order chi connectivity index (χ1) is 11.5. The number of anilines is 1. The van der Waals surface area contributed by atoms with E-state index in [0.29, 0.717) is 11.3 Å². The molecule has 2 aromatic rings. The average molecular weight is 339 g/mol. The third-order valence-corrected chi connectivity index (χ3v) is 4.43. The molecule has 3 rings (SSSR count). The lowest BCUT2D eigenvalue weighted by Crippen LogP contribution is -2.27. The van der Waals surface area contributed by atoms with Gasteiger partial charge < -0.3 is 5.11 Å². The molecule has 0 atom stereocenters. The number of aryl methyl sites for hydroxylation is 1. The van der Waals surface area contributed by atoms with Crippen LogP contribution in [-0.4, -0.2) is 22.2 Å². The highest BCUT2D eigenvalue weighted by molar-refractivity contribution is 8.19. The minimum atomic E-state index is -1.08. The molecule has 0 radical (unpaired) electrons. The fraction of sp³-hybridized carbons (Fsp3) is 0.0556. The highest BCUT2D eigenvalue weighted by Crippen LogP contribution is 2.36. The van der Waals surface area contributed by atoms with Crippen molar-refractivity contribution in [2.75, 3.05) is 4.90 Å². The summed E-state index contributed by atoms with van der Waals surface area (Å²) < 4.78 is 0. The van der Waals surface area contributed by atoms with E-state index in [2.05, 4.69) is 0 Å². The van der Waals surface area contributed by atoms with Crippen molar-refractivity contribution in [3.63, 3.8) is 0 Å². The van der Waals surface area contributed by atoms with Crippen molar-refractivity contribution >= 4 is 40.6 Å². The molecule has 5 nitrogen and oxygen atoms in total. The minimum Gasteiger partial charge on any atom is -0.478 e. The molecule has 1 N–H and O–H groups in total. The molecule has 0 aliphatic carbocycles. The summed E-state index contributed by atoms with van der Waals surface area (Å²) in [5.74, 6) is -1.53. The van der Waals surface area contributed by atoms with Gasteiger partial charge in [-0.1, -0.05) is 35.9 Å². The van der Waals surface area contributed by atoms with Crippen molar-refractivity contribution in [1.29, 1.82) is 0 Å². The molecule has 120 valence electrons. The van der Waals surface area contributed by atoms with E-state index in [-0.39, 0.29) is 10.5 Å². The Morgan fingerprint density at radius 3 is 2.42 bits per heavy atom. The van der Waals surface area contributed by atoms with Crippen LogP contribution in [0.3, 0.4) is 0 Å². The van der Waals surface area contributed by atoms with Crippen LogP contribution in [0.25, 0.3) is 6.08 Å². The standard InChI is InChI=1S/C18H13NO4S/c1-11-6-8-13(9-7-11)19-16(20)15(24-18(19)23)10-12-4-2-3-5-14(12)17(21)22/h2-10H,1H3,(H,21,22)/b15-10+. The Hall–Kier alpha value is -2.86. The Labute approximate surface area is 142 Å². The molecule has 2 amide bonds. The first-order valence-electron chi connectivity index (χ1n) is 7.14. The Kier molecular flexibility index (Phi) is 4.22. The van der Waals surface area contributed by atoms with Crippen molar-refractivity contribution in [1.82, 2.24) is 0 Å². The Balaban J connectivity index is 1.97. The number of carboxylic acids is 1. The van der Waals surface area contributed by atoms with Gasteiger partial charge >= 0.3 is 5.97 Å². The number of hydrogen-bond acceptors (Lipinski definition) is 4. The van der Waals surface area contributed by atoms with Gasteiger partial charge in [-0.15, -0.1) is 0 Å². The lowest BCUT2D eigenvalue weighted by molar-refractivity contribution is -0.113. The molecule has 1 aliphatic heterocycles. The third kappa shape index (κ3) is 2.96. The third-order valence-electron chi connectivity index (χ3n) is 3.56. The van der Waals surface area contributed by atoms with Crippen LogP contribution < -0.4 is 4.90 Å². The maximum Gasteiger partial charge on any atom is 0.336 e. The zero-order valence-corrected chi connectivity index (χ0v) is 13.5.